The molecule has 0 saturated heterocycles. The van der Waals surface area contributed by atoms with Crippen LogP contribution in [-0.4, -0.2) is 27.4 Å². The van der Waals surface area contributed by atoms with E-state index in [2.05, 4.69) is 4.72 Å². The van der Waals surface area contributed by atoms with E-state index < -0.39 is 15.8 Å². The third kappa shape index (κ3) is 4.93. The highest BCUT2D eigenvalue weighted by molar-refractivity contribution is 7.89. The lowest BCUT2D eigenvalue weighted by atomic mass is 10.0. The summed E-state index contributed by atoms with van der Waals surface area (Å²) in [6.45, 7) is 9.05. The van der Waals surface area contributed by atoms with Gasteiger partial charge in [-0.1, -0.05) is 17.7 Å². The number of aryl methyl sites for hydroxylation is 4. The number of hydrogen-bond acceptors (Lipinski definition) is 3. The molecule has 0 radical (unpaired) electrons. The molecule has 0 aromatic heterocycles. The van der Waals surface area contributed by atoms with Crippen LogP contribution in [0.2, 0.25) is 0 Å². The number of halogens is 1. The minimum Gasteiger partial charge on any atom is -0.311 e. The first-order chi connectivity index (χ1) is 12.5. The van der Waals surface area contributed by atoms with Gasteiger partial charge in [-0.3, -0.25) is 4.79 Å². The standard InChI is InChI=1S/C20H25FN2O3S/c1-13-10-15(3)20(16(4)11-13)23(17(5)24)9-8-22-27(25,26)18-6-7-19(21)14(2)12-18/h6-7,10-12,22H,8-9H2,1-5H3. The Morgan fingerprint density at radius 3 is 2.15 bits per heavy atom. The molecular weight excluding hydrogens is 367 g/mol. The smallest absolute Gasteiger partial charge is 0.240 e. The topological polar surface area (TPSA) is 66.5 Å². The molecule has 0 aliphatic heterocycles. The number of carbonyl (C=O) groups is 1. The molecule has 0 spiro atoms. The molecule has 0 fully saturated rings. The van der Waals surface area contributed by atoms with Gasteiger partial charge in [0.15, 0.2) is 0 Å². The zero-order chi connectivity index (χ0) is 20.4. The van der Waals surface area contributed by atoms with Crippen LogP contribution in [0.5, 0.6) is 0 Å². The molecule has 27 heavy (non-hydrogen) atoms. The van der Waals surface area contributed by atoms with Crippen LogP contribution >= 0.6 is 0 Å². The highest BCUT2D eigenvalue weighted by atomic mass is 32.2. The fourth-order valence-corrected chi connectivity index (χ4v) is 4.29. The Labute approximate surface area is 160 Å². The van der Waals surface area contributed by atoms with Crippen molar-refractivity contribution in [1.29, 1.82) is 0 Å². The van der Waals surface area contributed by atoms with Gasteiger partial charge in [-0.15, -0.1) is 0 Å². The van der Waals surface area contributed by atoms with E-state index in [4.69, 9.17) is 0 Å². The Bertz CT molecular complexity index is 948. The van der Waals surface area contributed by atoms with E-state index in [0.717, 1.165) is 28.4 Å². The lowest BCUT2D eigenvalue weighted by Gasteiger charge is -2.25. The molecule has 146 valence electrons. The van der Waals surface area contributed by atoms with Crippen molar-refractivity contribution in [2.75, 3.05) is 18.0 Å². The number of hydrogen-bond donors (Lipinski definition) is 1. The first-order valence-electron chi connectivity index (χ1n) is 8.64. The largest absolute Gasteiger partial charge is 0.311 e. The zero-order valence-corrected chi connectivity index (χ0v) is 17.1. The minimum absolute atomic E-state index is 0.00141. The van der Waals surface area contributed by atoms with Crippen molar-refractivity contribution in [3.63, 3.8) is 0 Å². The van der Waals surface area contributed by atoms with Gasteiger partial charge >= 0.3 is 0 Å². The SMILES string of the molecule is CC(=O)N(CCNS(=O)(=O)c1ccc(F)c(C)c1)c1c(C)cc(C)cc1C. The quantitative estimate of drug-likeness (QED) is 0.819. The van der Waals surface area contributed by atoms with Gasteiger partial charge in [0.1, 0.15) is 5.82 Å². The van der Waals surface area contributed by atoms with Crippen LogP contribution in [0, 0.1) is 33.5 Å². The van der Waals surface area contributed by atoms with E-state index in [0.29, 0.717) is 0 Å². The molecule has 2 rings (SSSR count). The molecule has 0 saturated carbocycles. The molecule has 2 aromatic rings. The third-order valence-electron chi connectivity index (χ3n) is 4.35. The average Bonchev–Trinajstić information content (AvgIpc) is 2.54. The monoisotopic (exact) mass is 392 g/mol. The van der Waals surface area contributed by atoms with E-state index in [9.17, 15) is 17.6 Å². The summed E-state index contributed by atoms with van der Waals surface area (Å²) in [5.74, 6) is -0.621. The number of amides is 1. The Kier molecular flexibility index (Phi) is 6.38. The Hall–Kier alpha value is -2.25. The van der Waals surface area contributed by atoms with Crippen molar-refractivity contribution in [2.45, 2.75) is 39.5 Å². The highest BCUT2D eigenvalue weighted by Gasteiger charge is 2.19. The summed E-state index contributed by atoms with van der Waals surface area (Å²) >= 11 is 0. The van der Waals surface area contributed by atoms with Gasteiger partial charge in [0.05, 0.1) is 4.90 Å². The molecule has 5 nitrogen and oxygen atoms in total. The summed E-state index contributed by atoms with van der Waals surface area (Å²) in [4.78, 5) is 13.7. The van der Waals surface area contributed by atoms with Crippen LogP contribution in [0.25, 0.3) is 0 Å². The molecule has 1 amide bonds. The highest BCUT2D eigenvalue weighted by Crippen LogP contribution is 2.26. The van der Waals surface area contributed by atoms with E-state index >= 15 is 0 Å². The van der Waals surface area contributed by atoms with Crippen LogP contribution < -0.4 is 9.62 Å². The van der Waals surface area contributed by atoms with Gasteiger partial charge in [-0.2, -0.15) is 0 Å². The summed E-state index contributed by atoms with van der Waals surface area (Å²) in [6, 6.07) is 7.62. The van der Waals surface area contributed by atoms with Crippen molar-refractivity contribution >= 4 is 21.6 Å². The molecular formula is C20H25FN2O3S. The first kappa shape index (κ1) is 21.1. The minimum atomic E-state index is -3.78. The maximum atomic E-state index is 13.4. The third-order valence-corrected chi connectivity index (χ3v) is 5.81. The second-order valence-electron chi connectivity index (χ2n) is 6.73. The van der Waals surface area contributed by atoms with E-state index in [-0.39, 0.29) is 29.5 Å². The summed E-state index contributed by atoms with van der Waals surface area (Å²) in [5, 5.41) is 0. The maximum Gasteiger partial charge on any atom is 0.240 e. The number of carbonyl (C=O) groups excluding carboxylic acids is 1. The number of sulfonamides is 1. The number of anilines is 1. The summed E-state index contributed by atoms with van der Waals surface area (Å²) in [5.41, 5.74) is 4.07. The van der Waals surface area contributed by atoms with Crippen LogP contribution in [0.15, 0.2) is 35.2 Å². The lowest BCUT2D eigenvalue weighted by molar-refractivity contribution is -0.116. The van der Waals surface area contributed by atoms with Crippen LogP contribution in [0.1, 0.15) is 29.2 Å². The van der Waals surface area contributed by atoms with Crippen molar-refractivity contribution in [3.8, 4) is 0 Å². The predicted molar refractivity (Wildman–Crippen MR) is 105 cm³/mol. The van der Waals surface area contributed by atoms with Crippen molar-refractivity contribution in [3.05, 3.63) is 58.4 Å². The molecule has 0 aliphatic carbocycles. The zero-order valence-electron chi connectivity index (χ0n) is 16.3. The van der Waals surface area contributed by atoms with Crippen LogP contribution in [-0.2, 0) is 14.8 Å². The normalized spacial score (nSPS) is 11.5. The van der Waals surface area contributed by atoms with Gasteiger partial charge in [0.2, 0.25) is 15.9 Å². The Morgan fingerprint density at radius 2 is 1.63 bits per heavy atom. The van der Waals surface area contributed by atoms with Gasteiger partial charge in [-0.05, 0) is 62.6 Å². The lowest BCUT2D eigenvalue weighted by Crippen LogP contribution is -2.38. The van der Waals surface area contributed by atoms with Gasteiger partial charge in [-0.25, -0.2) is 17.5 Å². The molecule has 7 heteroatoms. The summed E-state index contributed by atoms with van der Waals surface area (Å²) in [7, 11) is -3.78. The second kappa shape index (κ2) is 8.19. The second-order valence-corrected chi connectivity index (χ2v) is 8.49. The first-order valence-corrected chi connectivity index (χ1v) is 10.1. The molecule has 2 aromatic carbocycles. The Balaban J connectivity index is 2.18. The van der Waals surface area contributed by atoms with Gasteiger partial charge < -0.3 is 4.90 Å². The van der Waals surface area contributed by atoms with E-state index in [1.165, 1.54) is 26.0 Å². The molecule has 0 aliphatic rings. The molecule has 0 heterocycles. The maximum absolute atomic E-state index is 13.4. The van der Waals surface area contributed by atoms with Crippen molar-refractivity contribution in [1.82, 2.24) is 4.72 Å². The van der Waals surface area contributed by atoms with E-state index in [1.54, 1.807) is 4.90 Å². The number of nitrogens with one attached hydrogen (secondary N) is 1. The molecule has 0 bridgehead atoms. The number of benzene rings is 2. The Morgan fingerprint density at radius 1 is 1.04 bits per heavy atom. The van der Waals surface area contributed by atoms with Crippen LogP contribution in [0.4, 0.5) is 10.1 Å². The van der Waals surface area contributed by atoms with Gasteiger partial charge in [0, 0.05) is 25.7 Å². The molecule has 0 unspecified atom stereocenters. The summed E-state index contributed by atoms with van der Waals surface area (Å²) in [6.07, 6.45) is 0. The van der Waals surface area contributed by atoms with Crippen LogP contribution in [0.3, 0.4) is 0 Å². The molecule has 1 N–H and O–H groups in total. The van der Waals surface area contributed by atoms with Gasteiger partial charge in [0.25, 0.3) is 0 Å². The molecule has 0 atom stereocenters. The van der Waals surface area contributed by atoms with Crippen molar-refractivity contribution < 1.29 is 17.6 Å². The number of rotatable bonds is 6. The fraction of sp³-hybridized carbons (Fsp3) is 0.350. The van der Waals surface area contributed by atoms with E-state index in [1.807, 2.05) is 32.9 Å². The summed E-state index contributed by atoms with van der Waals surface area (Å²) < 4.78 is 40.7. The van der Waals surface area contributed by atoms with Crippen molar-refractivity contribution in [2.24, 2.45) is 0 Å². The predicted octanol–water partition coefficient (Wildman–Crippen LogP) is 3.39. The number of nitrogens with zero attached hydrogens (tertiary/aromatic N) is 1. The fourth-order valence-electron chi connectivity index (χ4n) is 3.18. The average molecular weight is 392 g/mol.